The van der Waals surface area contributed by atoms with Gasteiger partial charge < -0.3 is 0 Å². The monoisotopic (exact) mass is 308 g/mol. The summed E-state index contributed by atoms with van der Waals surface area (Å²) in [7, 11) is 0. The Bertz CT molecular complexity index is 294. The molecule has 0 amide bonds. The molecular formula is C22H44. The van der Waals surface area contributed by atoms with E-state index in [1.54, 1.807) is 0 Å². The van der Waals surface area contributed by atoms with E-state index in [1.165, 1.54) is 57.8 Å². The summed E-state index contributed by atoms with van der Waals surface area (Å²) >= 11 is 0. The molecule has 1 rings (SSSR count). The van der Waals surface area contributed by atoms with E-state index in [2.05, 4.69) is 48.5 Å². The molecule has 1 saturated carbocycles. The molecule has 0 bridgehead atoms. The minimum Gasteiger partial charge on any atom is -0.0654 e. The predicted molar refractivity (Wildman–Crippen MR) is 101 cm³/mol. The maximum Gasteiger partial charge on any atom is -0.0272 e. The maximum atomic E-state index is 2.59. The summed E-state index contributed by atoms with van der Waals surface area (Å²) in [6.07, 6.45) is 12.9. The zero-order chi connectivity index (χ0) is 16.8. The molecule has 0 heterocycles. The van der Waals surface area contributed by atoms with E-state index in [9.17, 15) is 0 Å². The molecule has 0 spiro atoms. The lowest BCUT2D eigenvalue weighted by Gasteiger charge is -2.37. The highest BCUT2D eigenvalue weighted by molar-refractivity contribution is 4.96. The lowest BCUT2D eigenvalue weighted by molar-refractivity contribution is 0.123. The van der Waals surface area contributed by atoms with E-state index in [0.29, 0.717) is 5.41 Å². The molecule has 22 heavy (non-hydrogen) atoms. The Morgan fingerprint density at radius 2 is 1.64 bits per heavy atom. The molecule has 6 atom stereocenters. The van der Waals surface area contributed by atoms with Crippen molar-refractivity contribution in [3.63, 3.8) is 0 Å². The van der Waals surface area contributed by atoms with Crippen molar-refractivity contribution in [2.75, 3.05) is 0 Å². The van der Waals surface area contributed by atoms with Crippen LogP contribution in [0.25, 0.3) is 0 Å². The number of hydrogen-bond donors (Lipinski definition) is 0. The Hall–Kier alpha value is 0. The van der Waals surface area contributed by atoms with Gasteiger partial charge in [0.05, 0.1) is 0 Å². The van der Waals surface area contributed by atoms with Crippen LogP contribution in [0.2, 0.25) is 0 Å². The number of rotatable bonds is 10. The van der Waals surface area contributed by atoms with Gasteiger partial charge in [0.25, 0.3) is 0 Å². The highest BCUT2D eigenvalue weighted by atomic mass is 14.5. The Kier molecular flexibility index (Phi) is 8.50. The molecule has 6 unspecified atom stereocenters. The van der Waals surface area contributed by atoms with Gasteiger partial charge >= 0.3 is 0 Å². The van der Waals surface area contributed by atoms with E-state index in [0.717, 1.165) is 29.6 Å². The molecule has 0 aromatic heterocycles. The van der Waals surface area contributed by atoms with E-state index >= 15 is 0 Å². The maximum absolute atomic E-state index is 2.59. The van der Waals surface area contributed by atoms with Crippen molar-refractivity contribution in [2.45, 2.75) is 106 Å². The largest absolute Gasteiger partial charge is 0.0654 e. The van der Waals surface area contributed by atoms with Crippen LogP contribution in [0.1, 0.15) is 106 Å². The van der Waals surface area contributed by atoms with Crippen LogP contribution in [0.3, 0.4) is 0 Å². The second-order valence-corrected chi connectivity index (χ2v) is 8.72. The molecule has 1 aliphatic rings. The van der Waals surface area contributed by atoms with Crippen molar-refractivity contribution in [2.24, 2.45) is 35.0 Å². The van der Waals surface area contributed by atoms with Crippen molar-refractivity contribution < 1.29 is 0 Å². The highest BCUT2D eigenvalue weighted by Gasteiger charge is 2.46. The smallest absolute Gasteiger partial charge is 0.0272 e. The number of hydrogen-bond acceptors (Lipinski definition) is 0. The normalized spacial score (nSPS) is 34.8. The summed E-state index contributed by atoms with van der Waals surface area (Å²) in [5.41, 5.74) is 0.595. The second kappa shape index (κ2) is 9.33. The summed E-state index contributed by atoms with van der Waals surface area (Å²) in [6.45, 7) is 17.2. The Balaban J connectivity index is 2.64. The van der Waals surface area contributed by atoms with Crippen LogP contribution in [0, 0.1) is 35.0 Å². The zero-order valence-electron chi connectivity index (χ0n) is 16.8. The topological polar surface area (TPSA) is 0 Å². The van der Waals surface area contributed by atoms with Gasteiger partial charge in [0, 0.05) is 0 Å². The predicted octanol–water partition coefficient (Wildman–Crippen LogP) is 7.72. The first-order chi connectivity index (χ1) is 10.4. The fourth-order valence-corrected chi connectivity index (χ4v) is 5.20. The van der Waals surface area contributed by atoms with Gasteiger partial charge in [-0.25, -0.2) is 0 Å². The van der Waals surface area contributed by atoms with Crippen molar-refractivity contribution in [1.82, 2.24) is 0 Å². The van der Waals surface area contributed by atoms with Crippen molar-refractivity contribution in [3.8, 4) is 0 Å². The minimum absolute atomic E-state index is 0.595. The molecular weight excluding hydrogens is 264 g/mol. The van der Waals surface area contributed by atoms with Crippen LogP contribution in [0.4, 0.5) is 0 Å². The fraction of sp³-hybridized carbons (Fsp3) is 1.00. The molecule has 0 saturated heterocycles. The molecule has 0 nitrogen and oxygen atoms in total. The average molecular weight is 309 g/mol. The van der Waals surface area contributed by atoms with Gasteiger partial charge in [-0.1, -0.05) is 87.0 Å². The van der Waals surface area contributed by atoms with Crippen LogP contribution in [0.5, 0.6) is 0 Å². The van der Waals surface area contributed by atoms with Gasteiger partial charge in [-0.3, -0.25) is 0 Å². The standard InChI is InChI=1S/C22H44/c1-8-12-13-19(9-2)15-20(10-3)16-21-14-17(5)18(6)22(21,7)11-4/h17-21H,8-16H2,1-7H3. The van der Waals surface area contributed by atoms with Gasteiger partial charge in [0.2, 0.25) is 0 Å². The molecule has 0 aromatic rings. The summed E-state index contributed by atoms with van der Waals surface area (Å²) in [5, 5.41) is 0. The molecule has 132 valence electrons. The third kappa shape index (κ3) is 4.75. The van der Waals surface area contributed by atoms with Crippen LogP contribution in [-0.2, 0) is 0 Å². The van der Waals surface area contributed by atoms with Gasteiger partial charge in [0.15, 0.2) is 0 Å². The van der Waals surface area contributed by atoms with Crippen LogP contribution < -0.4 is 0 Å². The quantitative estimate of drug-likeness (QED) is 0.387. The Labute approximate surface area is 141 Å². The lowest BCUT2D eigenvalue weighted by Crippen LogP contribution is -2.29. The summed E-state index contributed by atoms with van der Waals surface area (Å²) in [4.78, 5) is 0. The third-order valence-corrected chi connectivity index (χ3v) is 7.65. The highest BCUT2D eigenvalue weighted by Crippen LogP contribution is 2.55. The van der Waals surface area contributed by atoms with E-state index in [1.807, 2.05) is 0 Å². The molecule has 1 fully saturated rings. The zero-order valence-corrected chi connectivity index (χ0v) is 16.8. The van der Waals surface area contributed by atoms with E-state index in [4.69, 9.17) is 0 Å². The lowest BCUT2D eigenvalue weighted by atomic mass is 9.68. The summed E-state index contributed by atoms with van der Waals surface area (Å²) < 4.78 is 0. The van der Waals surface area contributed by atoms with Crippen LogP contribution in [-0.4, -0.2) is 0 Å². The fourth-order valence-electron chi connectivity index (χ4n) is 5.20. The van der Waals surface area contributed by atoms with E-state index in [-0.39, 0.29) is 0 Å². The first kappa shape index (κ1) is 20.0. The SMILES string of the molecule is CCCCC(CC)CC(CC)CC1CC(C)C(C)C1(C)CC. The summed E-state index contributed by atoms with van der Waals surface area (Å²) in [6, 6.07) is 0. The van der Waals surface area contributed by atoms with E-state index < -0.39 is 0 Å². The first-order valence-corrected chi connectivity index (χ1v) is 10.4. The molecule has 0 radical (unpaired) electrons. The molecule has 0 aliphatic heterocycles. The second-order valence-electron chi connectivity index (χ2n) is 8.72. The Morgan fingerprint density at radius 3 is 2.14 bits per heavy atom. The van der Waals surface area contributed by atoms with Gasteiger partial charge in [-0.2, -0.15) is 0 Å². The average Bonchev–Trinajstić information content (AvgIpc) is 2.74. The van der Waals surface area contributed by atoms with Crippen LogP contribution >= 0.6 is 0 Å². The summed E-state index contributed by atoms with van der Waals surface area (Å²) in [5.74, 6) is 4.75. The molecule has 1 aliphatic carbocycles. The molecule has 0 aromatic carbocycles. The van der Waals surface area contributed by atoms with Gasteiger partial charge in [-0.05, 0) is 54.3 Å². The van der Waals surface area contributed by atoms with Gasteiger partial charge in [-0.15, -0.1) is 0 Å². The van der Waals surface area contributed by atoms with Crippen molar-refractivity contribution >= 4 is 0 Å². The first-order valence-electron chi connectivity index (χ1n) is 10.4. The van der Waals surface area contributed by atoms with Crippen molar-refractivity contribution in [3.05, 3.63) is 0 Å². The molecule has 0 heteroatoms. The number of unbranched alkanes of at least 4 members (excludes halogenated alkanes) is 1. The van der Waals surface area contributed by atoms with Crippen molar-refractivity contribution in [1.29, 1.82) is 0 Å². The van der Waals surface area contributed by atoms with Crippen LogP contribution in [0.15, 0.2) is 0 Å². The Morgan fingerprint density at radius 1 is 1.00 bits per heavy atom. The third-order valence-electron chi connectivity index (χ3n) is 7.65. The minimum atomic E-state index is 0.595. The molecule has 0 N–H and O–H groups in total. The van der Waals surface area contributed by atoms with Gasteiger partial charge in [0.1, 0.15) is 0 Å².